The number of carboxylic acid groups (broad SMARTS) is 1. The summed E-state index contributed by atoms with van der Waals surface area (Å²) in [6.45, 7) is 0. The first-order chi connectivity index (χ1) is 3.80. The molecule has 0 bridgehead atoms. The molecule has 0 amide bonds. The van der Waals surface area contributed by atoms with Crippen LogP contribution in [0.2, 0.25) is 0 Å². The van der Waals surface area contributed by atoms with Crippen LogP contribution in [0.4, 0.5) is 0 Å². The average molecular weight is 137 g/mol. The molecule has 0 aromatic carbocycles. The van der Waals surface area contributed by atoms with Gasteiger partial charge in [0.1, 0.15) is 6.26 Å². The molecule has 0 fully saturated rings. The van der Waals surface area contributed by atoms with E-state index in [1.54, 1.807) is 0 Å². The fourth-order valence-electron chi connectivity index (χ4n) is 0.329. The molecule has 5 heteroatoms. The van der Waals surface area contributed by atoms with E-state index in [2.05, 4.69) is 9.40 Å². The molecule has 9 heavy (non-hydrogen) atoms. The summed E-state index contributed by atoms with van der Waals surface area (Å²) >= 11 is 0. The molecule has 1 aromatic heterocycles. The third-order valence-electron chi connectivity index (χ3n) is 0.615. The van der Waals surface area contributed by atoms with Crippen LogP contribution in [-0.2, 0) is 0 Å². The number of aromatic nitrogens is 1. The van der Waals surface area contributed by atoms with Gasteiger partial charge in [0.05, 0.1) is 6.20 Å². The predicted molar refractivity (Wildman–Crippen MR) is 30.6 cm³/mol. The second-order valence-corrected chi connectivity index (χ2v) is 1.14. The predicted octanol–water partition coefficient (Wildman–Crippen LogP) is -0.276. The molecule has 1 N–H and O–H groups in total. The molecule has 0 unspecified atom stereocenters. The van der Waals surface area contributed by atoms with Crippen LogP contribution in [0.5, 0.6) is 0 Å². The molecule has 44 valence electrons. The van der Waals surface area contributed by atoms with Crippen molar-refractivity contribution in [1.29, 1.82) is 0 Å². The molecule has 1 rings (SSSR count). The van der Waals surface area contributed by atoms with Crippen LogP contribution in [0.1, 0.15) is 10.7 Å². The van der Waals surface area contributed by atoms with Crippen LogP contribution in [-0.4, -0.2) is 45.6 Å². The summed E-state index contributed by atoms with van der Waals surface area (Å²) in [6, 6.07) is 0. The Hall–Kier alpha value is -0.320. The van der Waals surface area contributed by atoms with Crippen molar-refractivity contribution in [3.8, 4) is 0 Å². The summed E-state index contributed by atoms with van der Waals surface area (Å²) in [5, 5.41) is 8.12. The molecule has 0 saturated heterocycles. The topological polar surface area (TPSA) is 63.3 Å². The number of carboxylic acids is 1. The molecule has 0 radical (unpaired) electrons. The van der Waals surface area contributed by atoms with E-state index in [-0.39, 0.29) is 35.4 Å². The Kier molecular flexibility index (Phi) is 3.53. The molecule has 0 aliphatic heterocycles. The maximum atomic E-state index is 9.91. The average Bonchev–Trinajstić information content (AvgIpc) is 2.12. The Morgan fingerprint density at radius 2 is 2.44 bits per heavy atom. The first-order valence-corrected chi connectivity index (χ1v) is 1.93. The fraction of sp³-hybridized carbons (Fsp3) is 0. The summed E-state index contributed by atoms with van der Waals surface area (Å²) in [6.07, 6.45) is 2.49. The Balaban J connectivity index is 0.000000640. The maximum absolute atomic E-state index is 9.91. The van der Waals surface area contributed by atoms with Gasteiger partial charge in [-0.05, 0) is 0 Å². The number of hydrogen-bond acceptors (Lipinski definition) is 3. The molecule has 0 atom stereocenters. The van der Waals surface area contributed by atoms with Crippen molar-refractivity contribution in [2.45, 2.75) is 0 Å². The van der Waals surface area contributed by atoms with Crippen LogP contribution < -0.4 is 0 Å². The van der Waals surface area contributed by atoms with Crippen LogP contribution >= 0.6 is 0 Å². The third-order valence-corrected chi connectivity index (χ3v) is 0.615. The van der Waals surface area contributed by atoms with Crippen molar-refractivity contribution in [3.63, 3.8) is 0 Å². The van der Waals surface area contributed by atoms with Gasteiger partial charge in [0.15, 0.2) is 0 Å². The molecule has 0 aliphatic carbocycles. The van der Waals surface area contributed by atoms with Crippen LogP contribution in [0.3, 0.4) is 0 Å². The minimum atomic E-state index is -1.14. The van der Waals surface area contributed by atoms with Crippen molar-refractivity contribution in [2.24, 2.45) is 0 Å². The van der Waals surface area contributed by atoms with Crippen LogP contribution in [0.15, 0.2) is 16.9 Å². The van der Waals surface area contributed by atoms with Crippen molar-refractivity contribution in [3.05, 3.63) is 18.4 Å². The molecule has 4 nitrogen and oxygen atoms in total. The molecule has 0 saturated carbocycles. The van der Waals surface area contributed by atoms with E-state index in [0.717, 1.165) is 0 Å². The molecule has 0 spiro atoms. The van der Waals surface area contributed by atoms with Gasteiger partial charge in [-0.15, -0.1) is 0 Å². The van der Waals surface area contributed by atoms with Gasteiger partial charge in [-0.25, -0.2) is 9.78 Å². The number of carbonyl (C=O) groups is 1. The number of nitrogens with zero attached hydrogens (tertiary/aromatic N) is 1. The summed E-state index contributed by atoms with van der Waals surface area (Å²) in [4.78, 5) is 13.3. The van der Waals surface area contributed by atoms with E-state index in [9.17, 15) is 4.79 Å². The van der Waals surface area contributed by atoms with Crippen molar-refractivity contribution in [1.82, 2.24) is 4.98 Å². The summed E-state index contributed by atoms with van der Waals surface area (Å²) in [5.41, 5.74) is 0. The van der Waals surface area contributed by atoms with Gasteiger partial charge in [-0.3, -0.25) is 0 Å². The molecular weight excluding hydrogens is 133 g/mol. The number of oxazole rings is 1. The monoisotopic (exact) mass is 137 g/mol. The molecule has 1 heterocycles. The van der Waals surface area contributed by atoms with E-state index < -0.39 is 5.97 Å². The van der Waals surface area contributed by atoms with E-state index >= 15 is 0 Å². The Morgan fingerprint density at radius 1 is 1.78 bits per heavy atom. The van der Waals surface area contributed by atoms with Gasteiger partial charge >= 0.3 is 41.4 Å². The summed E-state index contributed by atoms with van der Waals surface area (Å²) in [7, 11) is 0. The first-order valence-electron chi connectivity index (χ1n) is 1.93. The van der Waals surface area contributed by atoms with E-state index in [4.69, 9.17) is 5.11 Å². The van der Waals surface area contributed by atoms with Crippen LogP contribution in [0, 0.1) is 0 Å². The number of aromatic carboxylic acids is 1. The Bertz CT molecular complexity index is 184. The van der Waals surface area contributed by atoms with Gasteiger partial charge in [0, 0.05) is 0 Å². The third kappa shape index (κ3) is 2.17. The Labute approximate surface area is 73.2 Å². The quantitative estimate of drug-likeness (QED) is 0.541. The zero-order valence-electron chi connectivity index (χ0n) is 3.87. The van der Waals surface area contributed by atoms with E-state index in [1.807, 2.05) is 0 Å². The van der Waals surface area contributed by atoms with Gasteiger partial charge in [-0.1, -0.05) is 0 Å². The fourth-order valence-corrected chi connectivity index (χ4v) is 0.329. The van der Waals surface area contributed by atoms with Crippen LogP contribution in [0.25, 0.3) is 0 Å². The standard InChI is InChI=1S/C4H3NO3.Na.H/c6-4(7)3-5-1-2-8-3;;/h1-2H,(H,6,7);;. The van der Waals surface area contributed by atoms with Gasteiger partial charge < -0.3 is 9.52 Å². The van der Waals surface area contributed by atoms with Gasteiger partial charge in [-0.2, -0.15) is 0 Å². The normalized spacial score (nSPS) is 8.00. The molecule has 0 aliphatic rings. The number of hydrogen-bond donors (Lipinski definition) is 1. The summed E-state index contributed by atoms with van der Waals surface area (Å²) in [5.74, 6) is -1.42. The molecule has 1 aromatic rings. The van der Waals surface area contributed by atoms with Crippen molar-refractivity contribution >= 4 is 35.5 Å². The SMILES string of the molecule is O=C(O)c1ncco1.[NaH]. The second-order valence-electron chi connectivity index (χ2n) is 1.14. The zero-order valence-corrected chi connectivity index (χ0v) is 3.87. The van der Waals surface area contributed by atoms with E-state index in [1.165, 1.54) is 12.5 Å². The second kappa shape index (κ2) is 3.66. The summed E-state index contributed by atoms with van der Waals surface area (Å²) < 4.78 is 4.38. The van der Waals surface area contributed by atoms with Gasteiger partial charge in [0.25, 0.3) is 0 Å². The van der Waals surface area contributed by atoms with E-state index in [0.29, 0.717) is 0 Å². The van der Waals surface area contributed by atoms with Crippen molar-refractivity contribution < 1.29 is 14.3 Å². The zero-order chi connectivity index (χ0) is 5.98. The van der Waals surface area contributed by atoms with Gasteiger partial charge in [0.2, 0.25) is 0 Å². The minimum absolute atomic E-state index is 0. The first kappa shape index (κ1) is 8.68. The molecular formula is C4H4NNaO3. The van der Waals surface area contributed by atoms with Crippen molar-refractivity contribution in [2.75, 3.05) is 0 Å². The Morgan fingerprint density at radius 3 is 2.67 bits per heavy atom. The number of rotatable bonds is 1.